The third-order valence-electron chi connectivity index (χ3n) is 8.45. The number of amides is 2. The van der Waals surface area contributed by atoms with Crippen LogP contribution in [-0.4, -0.2) is 50.8 Å². The maximum absolute atomic E-state index is 13.2. The molecule has 8 heteroatoms. The molecule has 1 spiro atoms. The summed E-state index contributed by atoms with van der Waals surface area (Å²) in [5.74, 6) is 0.919. The van der Waals surface area contributed by atoms with Gasteiger partial charge in [0.15, 0.2) is 0 Å². The molecular weight excluding hydrogens is 554 g/mol. The lowest BCUT2D eigenvalue weighted by molar-refractivity contribution is -0.120. The van der Waals surface area contributed by atoms with Gasteiger partial charge in [-0.3, -0.25) is 9.59 Å². The van der Waals surface area contributed by atoms with Crippen molar-refractivity contribution in [3.63, 3.8) is 0 Å². The summed E-state index contributed by atoms with van der Waals surface area (Å²) in [4.78, 5) is 39.2. The molecular formula is C31H28BrN5O2. The number of hydrogen-bond acceptors (Lipinski definition) is 3. The number of aromatic nitrogens is 3. The van der Waals surface area contributed by atoms with Crippen molar-refractivity contribution in [1.82, 2.24) is 25.2 Å². The molecule has 1 aliphatic carbocycles. The Balaban J connectivity index is 0.941. The third-order valence-corrected chi connectivity index (χ3v) is 8.94. The highest BCUT2D eigenvalue weighted by molar-refractivity contribution is 9.10. The van der Waals surface area contributed by atoms with Crippen molar-refractivity contribution in [3.8, 4) is 11.4 Å². The number of imidazole rings is 1. The number of carbonyl (C=O) groups is 2. The molecule has 3 heterocycles. The summed E-state index contributed by atoms with van der Waals surface area (Å²) in [6.45, 7) is 1.43. The SMILES string of the molecule is O=C(Cc1c[nH]c2ccc(Br)cc12)NC1CC12CCN(C(=O)c1ccc(-c3nc4ccccc4[nH]3)cc1)CC2. The van der Waals surface area contributed by atoms with Crippen LogP contribution in [0.15, 0.2) is 77.4 Å². The first kappa shape index (κ1) is 24.2. The van der Waals surface area contributed by atoms with E-state index in [0.29, 0.717) is 25.1 Å². The van der Waals surface area contributed by atoms with E-state index in [0.717, 1.165) is 62.6 Å². The van der Waals surface area contributed by atoms with E-state index in [4.69, 9.17) is 0 Å². The van der Waals surface area contributed by atoms with Crippen LogP contribution in [0.3, 0.4) is 0 Å². The van der Waals surface area contributed by atoms with E-state index in [-0.39, 0.29) is 23.3 Å². The van der Waals surface area contributed by atoms with E-state index in [2.05, 4.69) is 36.2 Å². The second-order valence-corrected chi connectivity index (χ2v) is 11.8. The van der Waals surface area contributed by atoms with Gasteiger partial charge >= 0.3 is 0 Å². The van der Waals surface area contributed by atoms with E-state index in [1.807, 2.05) is 77.8 Å². The van der Waals surface area contributed by atoms with Crippen LogP contribution in [0.2, 0.25) is 0 Å². The van der Waals surface area contributed by atoms with Gasteiger partial charge < -0.3 is 20.2 Å². The van der Waals surface area contributed by atoms with Gasteiger partial charge in [0.25, 0.3) is 5.91 Å². The minimum Gasteiger partial charge on any atom is -0.361 e. The molecule has 1 atom stereocenters. The number of H-pyrrole nitrogens is 2. The van der Waals surface area contributed by atoms with Gasteiger partial charge in [-0.05, 0) is 72.7 Å². The molecule has 0 bridgehead atoms. The first-order valence-corrected chi connectivity index (χ1v) is 14.2. The summed E-state index contributed by atoms with van der Waals surface area (Å²) >= 11 is 3.52. The number of benzene rings is 3. The normalized spacial score (nSPS) is 18.1. The lowest BCUT2D eigenvalue weighted by Gasteiger charge is -2.33. The minimum absolute atomic E-state index is 0.0563. The molecule has 39 heavy (non-hydrogen) atoms. The van der Waals surface area contributed by atoms with Gasteiger partial charge in [0.05, 0.1) is 17.5 Å². The van der Waals surface area contributed by atoms with Crippen LogP contribution < -0.4 is 5.32 Å². The molecule has 1 unspecified atom stereocenters. The van der Waals surface area contributed by atoms with Crippen LogP contribution in [0.1, 0.15) is 35.2 Å². The molecule has 7 nitrogen and oxygen atoms in total. The molecule has 5 aromatic rings. The monoisotopic (exact) mass is 581 g/mol. The van der Waals surface area contributed by atoms with Crippen LogP contribution in [-0.2, 0) is 11.2 Å². The number of fused-ring (bicyclic) bond motifs is 2. The second-order valence-electron chi connectivity index (χ2n) is 10.8. The van der Waals surface area contributed by atoms with Gasteiger partial charge in [-0.25, -0.2) is 4.98 Å². The van der Waals surface area contributed by atoms with E-state index in [1.54, 1.807) is 0 Å². The van der Waals surface area contributed by atoms with E-state index < -0.39 is 0 Å². The summed E-state index contributed by atoms with van der Waals surface area (Å²) in [5.41, 5.74) is 5.73. The Morgan fingerprint density at radius 3 is 2.62 bits per heavy atom. The molecule has 2 aromatic heterocycles. The standard InChI is InChI=1S/C31H28BrN5O2/c32-22-9-10-24-23(16-22)21(18-33-24)15-28(38)36-27-17-31(27)11-13-37(14-12-31)30(39)20-7-5-19(6-8-20)29-34-25-3-1-2-4-26(25)35-29/h1-10,16,18,27,33H,11-15,17H2,(H,34,35)(H,36,38). The van der Waals surface area contributed by atoms with Gasteiger partial charge in [-0.15, -0.1) is 0 Å². The van der Waals surface area contributed by atoms with Gasteiger partial charge in [0, 0.05) is 51.8 Å². The van der Waals surface area contributed by atoms with Gasteiger partial charge in [0.1, 0.15) is 5.82 Å². The molecule has 3 aromatic carbocycles. The van der Waals surface area contributed by atoms with E-state index >= 15 is 0 Å². The van der Waals surface area contributed by atoms with Crippen molar-refractivity contribution in [2.45, 2.75) is 31.7 Å². The molecule has 1 saturated heterocycles. The summed E-state index contributed by atoms with van der Waals surface area (Å²) in [5, 5.41) is 4.33. The number of nitrogens with one attached hydrogen (secondary N) is 3. The van der Waals surface area contributed by atoms with E-state index in [1.165, 1.54) is 0 Å². The lowest BCUT2D eigenvalue weighted by atomic mass is 9.92. The highest BCUT2D eigenvalue weighted by Gasteiger charge is 2.55. The Morgan fingerprint density at radius 2 is 1.82 bits per heavy atom. The Labute approximate surface area is 234 Å². The maximum atomic E-state index is 13.2. The average Bonchev–Trinajstić information content (AvgIpc) is 3.26. The molecule has 2 aliphatic rings. The molecule has 0 radical (unpaired) electrons. The van der Waals surface area contributed by atoms with Crippen LogP contribution in [0, 0.1) is 5.41 Å². The molecule has 2 fully saturated rings. The summed E-state index contributed by atoms with van der Waals surface area (Å²) in [7, 11) is 0. The van der Waals surface area contributed by atoms with Crippen molar-refractivity contribution in [2.75, 3.05) is 13.1 Å². The highest BCUT2D eigenvalue weighted by Crippen LogP contribution is 2.54. The number of nitrogens with zero attached hydrogens (tertiary/aromatic N) is 2. The summed E-state index contributed by atoms with van der Waals surface area (Å²) in [6, 6.07) is 21.9. The largest absolute Gasteiger partial charge is 0.361 e. The zero-order valence-corrected chi connectivity index (χ0v) is 22.9. The van der Waals surface area contributed by atoms with Crippen molar-refractivity contribution in [2.24, 2.45) is 5.41 Å². The number of halogens is 1. The average molecular weight is 583 g/mol. The Hall–Kier alpha value is -3.91. The number of para-hydroxylation sites is 2. The smallest absolute Gasteiger partial charge is 0.253 e. The first-order chi connectivity index (χ1) is 19.0. The minimum atomic E-state index is 0.0563. The van der Waals surface area contributed by atoms with Crippen molar-refractivity contribution >= 4 is 49.7 Å². The van der Waals surface area contributed by atoms with Crippen LogP contribution in [0.5, 0.6) is 0 Å². The van der Waals surface area contributed by atoms with E-state index in [9.17, 15) is 9.59 Å². The number of hydrogen-bond donors (Lipinski definition) is 3. The number of piperidine rings is 1. The van der Waals surface area contributed by atoms with Gasteiger partial charge in [-0.2, -0.15) is 0 Å². The fourth-order valence-corrected chi connectivity index (χ4v) is 6.38. The quantitative estimate of drug-likeness (QED) is 0.244. The number of rotatable bonds is 5. The Kier molecular flexibility index (Phi) is 5.81. The number of likely N-dealkylation sites (tertiary alicyclic amines) is 1. The number of aromatic amines is 2. The van der Waals surface area contributed by atoms with Crippen molar-refractivity contribution in [1.29, 1.82) is 0 Å². The zero-order valence-electron chi connectivity index (χ0n) is 21.3. The molecule has 2 amide bonds. The summed E-state index contributed by atoms with van der Waals surface area (Å²) in [6.07, 6.45) is 5.11. The predicted molar refractivity (Wildman–Crippen MR) is 155 cm³/mol. The van der Waals surface area contributed by atoms with Crippen molar-refractivity contribution < 1.29 is 9.59 Å². The van der Waals surface area contributed by atoms with Gasteiger partial charge in [-0.1, -0.05) is 40.2 Å². The van der Waals surface area contributed by atoms with Crippen LogP contribution in [0.25, 0.3) is 33.3 Å². The lowest BCUT2D eigenvalue weighted by Crippen LogP contribution is -2.41. The maximum Gasteiger partial charge on any atom is 0.253 e. The van der Waals surface area contributed by atoms with Crippen molar-refractivity contribution in [3.05, 3.63) is 88.5 Å². The Bertz CT molecular complexity index is 1680. The highest BCUT2D eigenvalue weighted by atomic mass is 79.9. The molecule has 1 saturated carbocycles. The second kappa shape index (κ2) is 9.38. The fraction of sp³-hybridized carbons (Fsp3) is 0.258. The molecule has 196 valence electrons. The summed E-state index contributed by atoms with van der Waals surface area (Å²) < 4.78 is 1.00. The fourth-order valence-electron chi connectivity index (χ4n) is 6.02. The molecule has 1 aliphatic heterocycles. The zero-order chi connectivity index (χ0) is 26.6. The Morgan fingerprint density at radius 1 is 1.03 bits per heavy atom. The topological polar surface area (TPSA) is 93.9 Å². The number of carbonyl (C=O) groups excluding carboxylic acids is 2. The molecule has 7 rings (SSSR count). The molecule has 3 N–H and O–H groups in total. The third kappa shape index (κ3) is 4.52. The van der Waals surface area contributed by atoms with Crippen LogP contribution in [0.4, 0.5) is 0 Å². The first-order valence-electron chi connectivity index (χ1n) is 13.4. The van der Waals surface area contributed by atoms with Gasteiger partial charge in [0.2, 0.25) is 5.91 Å². The van der Waals surface area contributed by atoms with Crippen LogP contribution >= 0.6 is 15.9 Å². The predicted octanol–water partition coefficient (Wildman–Crippen LogP) is 5.83.